The Labute approximate surface area is 102 Å². The number of hydrogen-bond acceptors (Lipinski definition) is 5. The summed E-state index contributed by atoms with van der Waals surface area (Å²) in [6, 6.07) is 1.90. The van der Waals surface area contributed by atoms with Crippen molar-refractivity contribution in [3.63, 3.8) is 0 Å². The molecule has 0 aliphatic carbocycles. The first-order valence-electron chi connectivity index (χ1n) is 4.76. The fraction of sp³-hybridized carbons (Fsp3) is 0.300. The van der Waals surface area contributed by atoms with Crippen LogP contribution in [0.15, 0.2) is 27.5 Å². The van der Waals surface area contributed by atoms with Crippen LogP contribution in [0.2, 0.25) is 0 Å². The number of aromatic nitrogens is 3. The van der Waals surface area contributed by atoms with E-state index in [0.717, 1.165) is 15.9 Å². The fourth-order valence-electron chi connectivity index (χ4n) is 1.31. The summed E-state index contributed by atoms with van der Waals surface area (Å²) in [5, 5.41) is 3.92. The SMILES string of the molecule is Cc1cc(CN(C)c2ncc(Br)cn2)no1. The molecule has 0 amide bonds. The highest BCUT2D eigenvalue weighted by atomic mass is 79.9. The van der Waals surface area contributed by atoms with E-state index in [1.165, 1.54) is 0 Å². The number of hydrogen-bond donors (Lipinski definition) is 0. The van der Waals surface area contributed by atoms with Crippen LogP contribution in [0.3, 0.4) is 0 Å². The van der Waals surface area contributed by atoms with Crippen molar-refractivity contribution < 1.29 is 4.52 Å². The van der Waals surface area contributed by atoms with E-state index in [1.54, 1.807) is 12.4 Å². The maximum Gasteiger partial charge on any atom is 0.225 e. The van der Waals surface area contributed by atoms with Gasteiger partial charge in [-0.3, -0.25) is 0 Å². The summed E-state index contributed by atoms with van der Waals surface area (Å²) in [6.45, 7) is 2.49. The molecule has 84 valence electrons. The minimum atomic E-state index is 0.624. The monoisotopic (exact) mass is 282 g/mol. The van der Waals surface area contributed by atoms with Gasteiger partial charge in [0, 0.05) is 25.5 Å². The third-order valence-corrected chi connectivity index (χ3v) is 2.43. The summed E-state index contributed by atoms with van der Waals surface area (Å²) in [5.41, 5.74) is 0.867. The predicted octanol–water partition coefficient (Wildman–Crippen LogP) is 2.17. The van der Waals surface area contributed by atoms with Crippen LogP contribution in [-0.2, 0) is 6.54 Å². The highest BCUT2D eigenvalue weighted by Gasteiger charge is 2.07. The molecular weight excluding hydrogens is 272 g/mol. The van der Waals surface area contributed by atoms with Gasteiger partial charge < -0.3 is 9.42 Å². The number of rotatable bonds is 3. The van der Waals surface area contributed by atoms with Gasteiger partial charge in [0.15, 0.2) is 0 Å². The zero-order valence-electron chi connectivity index (χ0n) is 9.01. The van der Waals surface area contributed by atoms with Crippen LogP contribution in [0.25, 0.3) is 0 Å². The van der Waals surface area contributed by atoms with E-state index in [4.69, 9.17) is 4.52 Å². The standard InChI is InChI=1S/C10H11BrN4O/c1-7-3-9(14-16-7)6-15(2)10-12-4-8(11)5-13-10/h3-5H,6H2,1-2H3. The molecule has 2 rings (SSSR count). The molecule has 2 heterocycles. The lowest BCUT2D eigenvalue weighted by atomic mass is 10.3. The number of aryl methyl sites for hydroxylation is 1. The fourth-order valence-corrected chi connectivity index (χ4v) is 1.51. The molecule has 5 nitrogen and oxygen atoms in total. The minimum absolute atomic E-state index is 0.624. The molecule has 16 heavy (non-hydrogen) atoms. The highest BCUT2D eigenvalue weighted by Crippen LogP contribution is 2.12. The van der Waals surface area contributed by atoms with Crippen molar-refractivity contribution >= 4 is 21.9 Å². The maximum absolute atomic E-state index is 5.00. The molecule has 0 aliphatic heterocycles. The molecule has 6 heteroatoms. The van der Waals surface area contributed by atoms with E-state index in [-0.39, 0.29) is 0 Å². The second-order valence-corrected chi connectivity index (χ2v) is 4.40. The molecule has 0 saturated carbocycles. The van der Waals surface area contributed by atoms with Crippen LogP contribution < -0.4 is 4.90 Å². The molecule has 0 radical (unpaired) electrons. The maximum atomic E-state index is 5.00. The van der Waals surface area contributed by atoms with E-state index in [9.17, 15) is 0 Å². The third kappa shape index (κ3) is 2.57. The van der Waals surface area contributed by atoms with Crippen LogP contribution in [0.4, 0.5) is 5.95 Å². The molecule has 2 aromatic heterocycles. The normalized spacial score (nSPS) is 10.4. The quantitative estimate of drug-likeness (QED) is 0.864. The summed E-state index contributed by atoms with van der Waals surface area (Å²) < 4.78 is 5.86. The van der Waals surface area contributed by atoms with Gasteiger partial charge in [-0.05, 0) is 22.9 Å². The minimum Gasteiger partial charge on any atom is -0.361 e. The Morgan fingerprint density at radius 2 is 2.06 bits per heavy atom. The van der Waals surface area contributed by atoms with Crippen molar-refractivity contribution in [3.05, 3.63) is 34.4 Å². The summed E-state index contributed by atoms with van der Waals surface area (Å²) in [4.78, 5) is 10.3. The molecule has 0 saturated heterocycles. The summed E-state index contributed by atoms with van der Waals surface area (Å²) >= 11 is 3.29. The Morgan fingerprint density at radius 1 is 1.38 bits per heavy atom. The highest BCUT2D eigenvalue weighted by molar-refractivity contribution is 9.10. The molecule has 0 N–H and O–H groups in total. The third-order valence-electron chi connectivity index (χ3n) is 2.02. The van der Waals surface area contributed by atoms with E-state index in [2.05, 4.69) is 31.1 Å². The molecule has 0 aliphatic rings. The van der Waals surface area contributed by atoms with E-state index in [1.807, 2.05) is 24.9 Å². The predicted molar refractivity (Wildman–Crippen MR) is 63.1 cm³/mol. The average molecular weight is 283 g/mol. The Bertz CT molecular complexity index is 468. The number of nitrogens with zero attached hydrogens (tertiary/aromatic N) is 4. The molecule has 0 fully saturated rings. The van der Waals surface area contributed by atoms with Crippen LogP contribution in [0.1, 0.15) is 11.5 Å². The summed E-state index contributed by atoms with van der Waals surface area (Å²) in [5.74, 6) is 1.46. The van der Waals surface area contributed by atoms with Gasteiger partial charge in [-0.1, -0.05) is 5.16 Å². The topological polar surface area (TPSA) is 55.1 Å². The zero-order valence-corrected chi connectivity index (χ0v) is 10.6. The van der Waals surface area contributed by atoms with Crippen molar-refractivity contribution in [1.82, 2.24) is 15.1 Å². The van der Waals surface area contributed by atoms with Crippen LogP contribution in [-0.4, -0.2) is 22.2 Å². The van der Waals surface area contributed by atoms with E-state index in [0.29, 0.717) is 12.5 Å². The Kier molecular flexibility index (Phi) is 3.19. The summed E-state index contributed by atoms with van der Waals surface area (Å²) in [7, 11) is 1.91. The van der Waals surface area contributed by atoms with Gasteiger partial charge in [0.05, 0.1) is 11.0 Å². The van der Waals surface area contributed by atoms with Crippen LogP contribution >= 0.6 is 15.9 Å². The Balaban J connectivity index is 2.08. The number of halogens is 1. The first kappa shape index (κ1) is 11.1. The number of anilines is 1. The zero-order chi connectivity index (χ0) is 11.5. The van der Waals surface area contributed by atoms with Gasteiger partial charge in [0.1, 0.15) is 11.5 Å². The van der Waals surface area contributed by atoms with Crippen LogP contribution in [0, 0.1) is 6.92 Å². The lowest BCUT2D eigenvalue weighted by Crippen LogP contribution is -2.19. The smallest absolute Gasteiger partial charge is 0.225 e. The van der Waals surface area contributed by atoms with E-state index < -0.39 is 0 Å². The van der Waals surface area contributed by atoms with Gasteiger partial charge in [-0.2, -0.15) is 0 Å². The molecule has 0 aromatic carbocycles. The van der Waals surface area contributed by atoms with Crippen molar-refractivity contribution in [2.75, 3.05) is 11.9 Å². The van der Waals surface area contributed by atoms with E-state index >= 15 is 0 Å². The first-order valence-corrected chi connectivity index (χ1v) is 5.55. The first-order chi connectivity index (χ1) is 7.65. The second-order valence-electron chi connectivity index (χ2n) is 3.49. The van der Waals surface area contributed by atoms with Crippen molar-refractivity contribution in [1.29, 1.82) is 0 Å². The Morgan fingerprint density at radius 3 is 2.62 bits per heavy atom. The average Bonchev–Trinajstić information content (AvgIpc) is 2.65. The van der Waals surface area contributed by atoms with Crippen molar-refractivity contribution in [2.24, 2.45) is 0 Å². The van der Waals surface area contributed by atoms with Crippen molar-refractivity contribution in [2.45, 2.75) is 13.5 Å². The molecule has 0 unspecified atom stereocenters. The molecule has 0 spiro atoms. The second kappa shape index (κ2) is 4.61. The summed E-state index contributed by atoms with van der Waals surface area (Å²) in [6.07, 6.45) is 3.43. The van der Waals surface area contributed by atoms with Gasteiger partial charge in [-0.15, -0.1) is 0 Å². The van der Waals surface area contributed by atoms with Gasteiger partial charge >= 0.3 is 0 Å². The molecule has 2 aromatic rings. The van der Waals surface area contributed by atoms with Crippen molar-refractivity contribution in [3.8, 4) is 0 Å². The molecule has 0 atom stereocenters. The van der Waals surface area contributed by atoms with Gasteiger partial charge in [-0.25, -0.2) is 9.97 Å². The Hall–Kier alpha value is -1.43. The lowest BCUT2D eigenvalue weighted by Gasteiger charge is -2.14. The largest absolute Gasteiger partial charge is 0.361 e. The molecular formula is C10H11BrN4O. The van der Waals surface area contributed by atoms with Crippen LogP contribution in [0.5, 0.6) is 0 Å². The van der Waals surface area contributed by atoms with Gasteiger partial charge in [0.2, 0.25) is 5.95 Å². The lowest BCUT2D eigenvalue weighted by molar-refractivity contribution is 0.390. The molecule has 0 bridgehead atoms. The van der Waals surface area contributed by atoms with Gasteiger partial charge in [0.25, 0.3) is 0 Å².